The largest absolute Gasteiger partial charge is 0.395 e. The van der Waals surface area contributed by atoms with E-state index in [2.05, 4.69) is 5.32 Å². The lowest BCUT2D eigenvalue weighted by molar-refractivity contribution is -0.154. The summed E-state index contributed by atoms with van der Waals surface area (Å²) in [4.78, 5) is 0. The molecule has 2 fully saturated rings. The summed E-state index contributed by atoms with van der Waals surface area (Å²) in [6, 6.07) is -0.353. The molecule has 0 radical (unpaired) electrons. The predicted molar refractivity (Wildman–Crippen MR) is 39.5 cm³/mol. The molecular formula is C7H13NO4. The van der Waals surface area contributed by atoms with Gasteiger partial charge in [0.15, 0.2) is 6.29 Å². The van der Waals surface area contributed by atoms with Crippen LogP contribution in [0.3, 0.4) is 0 Å². The fourth-order valence-electron chi connectivity index (χ4n) is 1.90. The molecule has 2 bridgehead atoms. The van der Waals surface area contributed by atoms with E-state index in [-0.39, 0.29) is 31.1 Å². The van der Waals surface area contributed by atoms with Crippen LogP contribution in [0.25, 0.3) is 0 Å². The third kappa shape index (κ3) is 0.982. The van der Waals surface area contributed by atoms with Crippen molar-refractivity contribution >= 4 is 0 Å². The van der Waals surface area contributed by atoms with Crippen molar-refractivity contribution in [2.75, 3.05) is 13.7 Å². The van der Waals surface area contributed by atoms with E-state index >= 15 is 0 Å². The summed E-state index contributed by atoms with van der Waals surface area (Å²) < 4.78 is 10.3. The molecule has 2 aliphatic rings. The Labute approximate surface area is 70.3 Å². The third-order valence-electron chi connectivity index (χ3n) is 2.52. The quantitative estimate of drug-likeness (QED) is 0.455. The van der Waals surface area contributed by atoms with Crippen molar-refractivity contribution < 1.29 is 19.7 Å². The van der Waals surface area contributed by atoms with Gasteiger partial charge in [-0.3, -0.25) is 5.32 Å². The molecular weight excluding hydrogens is 162 g/mol. The molecule has 0 aromatic carbocycles. The van der Waals surface area contributed by atoms with Crippen LogP contribution in [0, 0.1) is 0 Å². The van der Waals surface area contributed by atoms with Crippen molar-refractivity contribution in [1.82, 2.24) is 5.32 Å². The second-order valence-corrected chi connectivity index (χ2v) is 3.18. The number of aliphatic hydroxyl groups excluding tert-OH is 2. The van der Waals surface area contributed by atoms with Crippen LogP contribution in [0.1, 0.15) is 0 Å². The van der Waals surface area contributed by atoms with Crippen LogP contribution >= 0.6 is 0 Å². The van der Waals surface area contributed by atoms with Gasteiger partial charge < -0.3 is 19.7 Å². The first kappa shape index (κ1) is 8.40. The molecule has 5 heteroatoms. The number of ether oxygens (including phenoxy) is 2. The highest BCUT2D eigenvalue weighted by molar-refractivity contribution is 5.05. The summed E-state index contributed by atoms with van der Waals surface area (Å²) in [5.74, 6) is 0. The van der Waals surface area contributed by atoms with Crippen LogP contribution in [0.4, 0.5) is 0 Å². The minimum Gasteiger partial charge on any atom is -0.395 e. The zero-order chi connectivity index (χ0) is 8.72. The van der Waals surface area contributed by atoms with Crippen LogP contribution in [0.5, 0.6) is 0 Å². The number of hydrogen-bond donors (Lipinski definition) is 3. The van der Waals surface area contributed by atoms with Crippen molar-refractivity contribution in [2.24, 2.45) is 0 Å². The number of hydrogen-bond acceptors (Lipinski definition) is 5. The Morgan fingerprint density at radius 3 is 2.75 bits per heavy atom. The van der Waals surface area contributed by atoms with Gasteiger partial charge in [-0.25, -0.2) is 0 Å². The zero-order valence-corrected chi connectivity index (χ0v) is 6.80. The molecule has 2 rings (SSSR count). The van der Waals surface area contributed by atoms with E-state index in [1.807, 2.05) is 0 Å². The zero-order valence-electron chi connectivity index (χ0n) is 6.80. The highest BCUT2D eigenvalue weighted by atomic mass is 16.7. The molecule has 70 valence electrons. The van der Waals surface area contributed by atoms with Gasteiger partial charge in [0.2, 0.25) is 0 Å². The van der Waals surface area contributed by atoms with Crippen LogP contribution in [-0.2, 0) is 9.47 Å². The molecule has 2 aliphatic heterocycles. The Bertz CT molecular complexity index is 159. The molecule has 0 saturated carbocycles. The Balaban J connectivity index is 2.07. The second-order valence-electron chi connectivity index (χ2n) is 3.18. The van der Waals surface area contributed by atoms with Crippen LogP contribution in [0.15, 0.2) is 0 Å². The topological polar surface area (TPSA) is 71.0 Å². The van der Waals surface area contributed by atoms with E-state index in [4.69, 9.17) is 14.6 Å². The van der Waals surface area contributed by atoms with Gasteiger partial charge in [0, 0.05) is 7.11 Å². The number of fused-ring (bicyclic) bond motifs is 2. The normalized spacial score (nSPS) is 51.8. The van der Waals surface area contributed by atoms with Crippen molar-refractivity contribution in [1.29, 1.82) is 0 Å². The number of rotatable bonds is 2. The summed E-state index contributed by atoms with van der Waals surface area (Å²) in [7, 11) is 1.54. The first-order valence-corrected chi connectivity index (χ1v) is 4.01. The van der Waals surface area contributed by atoms with E-state index in [9.17, 15) is 5.11 Å². The number of methoxy groups -OCH3 is 1. The average molecular weight is 175 g/mol. The fraction of sp³-hybridized carbons (Fsp3) is 1.00. The van der Waals surface area contributed by atoms with Crippen LogP contribution in [-0.4, -0.2) is 54.5 Å². The fourth-order valence-corrected chi connectivity index (χ4v) is 1.90. The van der Waals surface area contributed by atoms with Crippen molar-refractivity contribution in [2.45, 2.75) is 30.6 Å². The van der Waals surface area contributed by atoms with Gasteiger partial charge in [-0.15, -0.1) is 0 Å². The molecule has 5 nitrogen and oxygen atoms in total. The third-order valence-corrected chi connectivity index (χ3v) is 2.52. The molecule has 0 aromatic heterocycles. The number of morpholine rings is 1. The Hall–Kier alpha value is -0.200. The van der Waals surface area contributed by atoms with E-state index < -0.39 is 6.10 Å². The van der Waals surface area contributed by atoms with Crippen LogP contribution in [0.2, 0.25) is 0 Å². The predicted octanol–water partition coefficient (Wildman–Crippen LogP) is -1.95. The molecule has 0 unspecified atom stereocenters. The molecule has 5 atom stereocenters. The first-order valence-electron chi connectivity index (χ1n) is 4.01. The summed E-state index contributed by atoms with van der Waals surface area (Å²) in [6.45, 7) is -0.0192. The second kappa shape index (κ2) is 2.93. The van der Waals surface area contributed by atoms with Gasteiger partial charge >= 0.3 is 0 Å². The lowest BCUT2D eigenvalue weighted by Crippen LogP contribution is -2.48. The molecule has 0 amide bonds. The minimum atomic E-state index is -0.563. The SMILES string of the molecule is CO[C@@H]1O[C@H]2[C@H](O)[C@@H]1N[C@@H]2CO. The summed E-state index contributed by atoms with van der Waals surface area (Å²) in [5.41, 5.74) is 0. The average Bonchev–Trinajstić information content (AvgIpc) is 2.58. The maximum atomic E-state index is 9.55. The van der Waals surface area contributed by atoms with Crippen LogP contribution < -0.4 is 5.32 Å². The van der Waals surface area contributed by atoms with Crippen molar-refractivity contribution in [3.63, 3.8) is 0 Å². The maximum Gasteiger partial charge on any atom is 0.175 e. The Morgan fingerprint density at radius 1 is 1.58 bits per heavy atom. The Kier molecular flexibility index (Phi) is 2.05. The molecule has 12 heavy (non-hydrogen) atoms. The Morgan fingerprint density at radius 2 is 2.33 bits per heavy atom. The standard InChI is InChI=1S/C7H13NO4/c1-11-7-4-5(10)6(12-7)3(2-9)8-4/h3-10H,2H2,1H3/t3-,4+,5-,6-,7-/m1/s1. The lowest BCUT2D eigenvalue weighted by atomic mass is 10.1. The first-order chi connectivity index (χ1) is 5.77. The monoisotopic (exact) mass is 175 g/mol. The molecule has 2 heterocycles. The van der Waals surface area contributed by atoms with E-state index in [0.717, 1.165) is 0 Å². The van der Waals surface area contributed by atoms with Crippen molar-refractivity contribution in [3.8, 4) is 0 Å². The van der Waals surface area contributed by atoms with E-state index in [1.54, 1.807) is 0 Å². The molecule has 2 saturated heterocycles. The summed E-state index contributed by atoms with van der Waals surface area (Å²) >= 11 is 0. The minimum absolute atomic E-state index is 0.0192. The number of aliphatic hydroxyl groups is 2. The smallest absolute Gasteiger partial charge is 0.175 e. The van der Waals surface area contributed by atoms with Gasteiger partial charge in [-0.1, -0.05) is 0 Å². The highest BCUT2D eigenvalue weighted by Gasteiger charge is 2.54. The van der Waals surface area contributed by atoms with Gasteiger partial charge in [0.1, 0.15) is 12.2 Å². The molecule has 0 aromatic rings. The summed E-state index contributed by atoms with van der Waals surface area (Å²) in [6.07, 6.45) is -1.27. The van der Waals surface area contributed by atoms with E-state index in [0.29, 0.717) is 0 Å². The molecule has 3 N–H and O–H groups in total. The van der Waals surface area contributed by atoms with Gasteiger partial charge in [-0.05, 0) is 0 Å². The molecule has 0 aliphatic carbocycles. The molecule has 0 spiro atoms. The van der Waals surface area contributed by atoms with E-state index in [1.165, 1.54) is 7.11 Å². The highest BCUT2D eigenvalue weighted by Crippen LogP contribution is 2.30. The van der Waals surface area contributed by atoms with Gasteiger partial charge in [0.05, 0.1) is 18.7 Å². The van der Waals surface area contributed by atoms with Gasteiger partial charge in [-0.2, -0.15) is 0 Å². The lowest BCUT2D eigenvalue weighted by Gasteiger charge is -2.26. The maximum absolute atomic E-state index is 9.55. The van der Waals surface area contributed by atoms with Gasteiger partial charge in [0.25, 0.3) is 0 Å². The van der Waals surface area contributed by atoms with Crippen molar-refractivity contribution in [3.05, 3.63) is 0 Å². The number of nitrogens with one attached hydrogen (secondary N) is 1. The summed E-state index contributed by atoms with van der Waals surface area (Å²) in [5, 5.41) is 21.5.